The first kappa shape index (κ1) is 17.3. The summed E-state index contributed by atoms with van der Waals surface area (Å²) in [6.45, 7) is 3.84. The Bertz CT molecular complexity index is 900. The molecule has 3 rings (SSSR count). The highest BCUT2D eigenvalue weighted by Crippen LogP contribution is 2.46. The van der Waals surface area contributed by atoms with Crippen molar-refractivity contribution in [3.05, 3.63) is 57.3 Å². The molecule has 0 radical (unpaired) electrons. The molecular formula is C16H14BrClN2O3S. The van der Waals surface area contributed by atoms with Gasteiger partial charge in [-0.3, -0.25) is 9.71 Å². The van der Waals surface area contributed by atoms with Gasteiger partial charge >= 0.3 is 0 Å². The van der Waals surface area contributed by atoms with Crippen LogP contribution in [-0.4, -0.2) is 19.0 Å². The van der Waals surface area contributed by atoms with E-state index in [4.69, 9.17) is 16.3 Å². The molecule has 2 aromatic rings. The second-order valence-electron chi connectivity index (χ2n) is 5.74. The summed E-state index contributed by atoms with van der Waals surface area (Å²) in [7, 11) is -2.74. The average molecular weight is 430 g/mol. The van der Waals surface area contributed by atoms with Crippen LogP contribution < -0.4 is 9.46 Å². The van der Waals surface area contributed by atoms with Crippen LogP contribution in [0.2, 0.25) is 5.02 Å². The Balaban J connectivity index is 2.18. The van der Waals surface area contributed by atoms with Crippen LogP contribution in [0.15, 0.2) is 41.0 Å². The molecule has 1 aromatic heterocycles. The fraction of sp³-hybridized carbons (Fsp3) is 0.188. The lowest BCUT2D eigenvalue weighted by molar-refractivity contribution is 0.155. The van der Waals surface area contributed by atoms with Crippen LogP contribution in [0.1, 0.15) is 25.1 Å². The fourth-order valence-electron chi connectivity index (χ4n) is 2.50. The highest BCUT2D eigenvalue weighted by atomic mass is 79.9. The van der Waals surface area contributed by atoms with Gasteiger partial charge in [-0.2, -0.15) is 0 Å². The van der Waals surface area contributed by atoms with Gasteiger partial charge in [0.2, 0.25) is 10.9 Å². The lowest BCUT2D eigenvalue weighted by atomic mass is 9.92. The molecule has 0 unspecified atom stereocenters. The third kappa shape index (κ3) is 3.29. The molecule has 24 heavy (non-hydrogen) atoms. The van der Waals surface area contributed by atoms with Gasteiger partial charge in [0.1, 0.15) is 11.4 Å². The van der Waals surface area contributed by atoms with Gasteiger partial charge in [0.05, 0.1) is 16.4 Å². The average Bonchev–Trinajstić information content (AvgIpc) is 2.49. The Morgan fingerprint density at radius 2 is 2.00 bits per heavy atom. The molecule has 1 aliphatic heterocycles. The zero-order chi connectivity index (χ0) is 17.5. The van der Waals surface area contributed by atoms with E-state index in [9.17, 15) is 8.42 Å². The molecule has 5 nitrogen and oxygen atoms in total. The van der Waals surface area contributed by atoms with E-state index in [1.807, 2.05) is 19.9 Å². The van der Waals surface area contributed by atoms with Crippen LogP contribution in [0.25, 0.3) is 5.57 Å². The maximum atomic E-state index is 10.9. The number of pyridine rings is 1. The van der Waals surface area contributed by atoms with Crippen LogP contribution in [0, 0.1) is 0 Å². The summed E-state index contributed by atoms with van der Waals surface area (Å²) >= 11 is 9.56. The smallest absolute Gasteiger partial charge is 0.222 e. The maximum absolute atomic E-state index is 10.9. The molecule has 126 valence electrons. The summed E-state index contributed by atoms with van der Waals surface area (Å²) in [6, 6.07) is 8.76. The molecule has 0 bridgehead atoms. The van der Waals surface area contributed by atoms with E-state index in [-0.39, 0.29) is 0 Å². The minimum absolute atomic E-state index is 0.446. The fourth-order valence-corrected chi connectivity index (χ4v) is 3.46. The Hall–Kier alpha value is -1.57. The van der Waals surface area contributed by atoms with E-state index in [1.54, 1.807) is 30.5 Å². The molecular weight excluding hydrogens is 416 g/mol. The van der Waals surface area contributed by atoms with Crippen LogP contribution in [-0.2, 0) is 10.9 Å². The lowest BCUT2D eigenvalue weighted by Crippen LogP contribution is -2.32. The number of halogens is 2. The molecule has 0 atom stereocenters. The number of benzene rings is 1. The van der Waals surface area contributed by atoms with Gasteiger partial charge in [-0.1, -0.05) is 27.5 Å². The van der Waals surface area contributed by atoms with Crippen molar-refractivity contribution in [3.63, 3.8) is 0 Å². The minimum atomic E-state index is -2.74. The third-order valence-electron chi connectivity index (χ3n) is 3.57. The van der Waals surface area contributed by atoms with Crippen molar-refractivity contribution in [3.8, 4) is 5.75 Å². The highest BCUT2D eigenvalue weighted by Gasteiger charge is 2.34. The molecule has 0 saturated heterocycles. The Morgan fingerprint density at radius 3 is 2.62 bits per heavy atom. The van der Waals surface area contributed by atoms with E-state index >= 15 is 0 Å². The number of fused-ring (bicyclic) bond motifs is 1. The molecule has 8 heteroatoms. The standard InChI is InChI=1S/C16H14BrClN2O3S/c1-16(2)15(17)14(12-6-3-9(18)8-19-12)11-5-4-10(20-24(21)22)7-13(11)23-16/h3-8,24H,1-2H3,(H,20,21,22). The normalized spacial score (nSPS) is 15.9. The van der Waals surface area contributed by atoms with E-state index in [0.29, 0.717) is 16.5 Å². The van der Waals surface area contributed by atoms with Crippen molar-refractivity contribution >= 4 is 49.7 Å². The summed E-state index contributed by atoms with van der Waals surface area (Å²) in [5.41, 5.74) is 2.28. The quantitative estimate of drug-likeness (QED) is 0.724. The summed E-state index contributed by atoms with van der Waals surface area (Å²) in [4.78, 5) is 4.40. The second kappa shape index (κ2) is 6.38. The number of nitrogens with one attached hydrogen (secondary N) is 1. The van der Waals surface area contributed by atoms with Crippen molar-refractivity contribution < 1.29 is 13.2 Å². The van der Waals surface area contributed by atoms with Gasteiger partial charge in [-0.15, -0.1) is 0 Å². The van der Waals surface area contributed by atoms with Gasteiger partial charge in [-0.25, -0.2) is 8.42 Å². The van der Waals surface area contributed by atoms with Gasteiger partial charge < -0.3 is 4.74 Å². The van der Waals surface area contributed by atoms with Crippen LogP contribution in [0.4, 0.5) is 5.69 Å². The number of nitrogens with zero attached hydrogens (tertiary/aromatic N) is 1. The van der Waals surface area contributed by atoms with Gasteiger partial charge in [0.25, 0.3) is 0 Å². The van der Waals surface area contributed by atoms with Crippen LogP contribution in [0.3, 0.4) is 0 Å². The highest BCUT2D eigenvalue weighted by molar-refractivity contribution is 9.12. The number of aromatic nitrogens is 1. The van der Waals surface area contributed by atoms with Crippen molar-refractivity contribution in [1.29, 1.82) is 0 Å². The summed E-state index contributed by atoms with van der Waals surface area (Å²) in [5, 5.41) is 0.556. The van der Waals surface area contributed by atoms with Gasteiger partial charge in [-0.05, 0) is 38.1 Å². The SMILES string of the molecule is CC1(C)Oc2cc(N[SH](=O)=O)ccc2C(c2ccc(Cl)cn2)=C1Br. The predicted octanol–water partition coefficient (Wildman–Crippen LogP) is 4.00. The molecule has 0 aliphatic carbocycles. The molecule has 0 amide bonds. The third-order valence-corrected chi connectivity index (χ3v) is 5.58. The zero-order valence-corrected chi connectivity index (χ0v) is 16.1. The number of thiol groups is 1. The molecule has 1 aromatic carbocycles. The first-order valence-electron chi connectivity index (χ1n) is 7.04. The van der Waals surface area contributed by atoms with E-state index < -0.39 is 16.5 Å². The molecule has 1 aliphatic rings. The number of hydrogen-bond donors (Lipinski definition) is 2. The topological polar surface area (TPSA) is 68.3 Å². The van der Waals surface area contributed by atoms with E-state index in [0.717, 1.165) is 21.3 Å². The maximum Gasteiger partial charge on any atom is 0.222 e. The Labute approximate surface area is 154 Å². The monoisotopic (exact) mass is 428 g/mol. The largest absolute Gasteiger partial charge is 0.482 e. The number of ether oxygens (including phenoxy) is 1. The molecule has 1 N–H and O–H groups in total. The van der Waals surface area contributed by atoms with Crippen molar-refractivity contribution in [2.24, 2.45) is 0 Å². The molecule has 0 spiro atoms. The molecule has 0 fully saturated rings. The lowest BCUT2D eigenvalue weighted by Gasteiger charge is -2.34. The Morgan fingerprint density at radius 1 is 1.25 bits per heavy atom. The van der Waals surface area contributed by atoms with Crippen LogP contribution >= 0.6 is 27.5 Å². The molecule has 2 heterocycles. The number of anilines is 1. The molecule has 0 saturated carbocycles. The zero-order valence-electron chi connectivity index (χ0n) is 12.8. The van der Waals surface area contributed by atoms with Gasteiger partial charge in [0, 0.05) is 27.9 Å². The van der Waals surface area contributed by atoms with Crippen molar-refractivity contribution in [2.75, 3.05) is 4.72 Å². The number of rotatable bonds is 3. The second-order valence-corrected chi connectivity index (χ2v) is 7.71. The summed E-state index contributed by atoms with van der Waals surface area (Å²) < 4.78 is 31.0. The first-order chi connectivity index (χ1) is 11.3. The van der Waals surface area contributed by atoms with Gasteiger partial charge in [0.15, 0.2) is 0 Å². The Kier molecular flexibility index (Phi) is 4.59. The van der Waals surface area contributed by atoms with Crippen LogP contribution in [0.5, 0.6) is 5.75 Å². The van der Waals surface area contributed by atoms with E-state index in [1.165, 1.54) is 0 Å². The van der Waals surface area contributed by atoms with E-state index in [2.05, 4.69) is 25.6 Å². The van der Waals surface area contributed by atoms with Crippen molar-refractivity contribution in [2.45, 2.75) is 19.4 Å². The first-order valence-corrected chi connectivity index (χ1v) is 9.39. The summed E-state index contributed by atoms with van der Waals surface area (Å²) in [5.74, 6) is 0.580. The number of hydrogen-bond acceptors (Lipinski definition) is 4. The summed E-state index contributed by atoms with van der Waals surface area (Å²) in [6.07, 6.45) is 1.59. The minimum Gasteiger partial charge on any atom is -0.482 e. The predicted molar refractivity (Wildman–Crippen MR) is 99.3 cm³/mol. The van der Waals surface area contributed by atoms with Crippen molar-refractivity contribution in [1.82, 2.24) is 4.98 Å².